The summed E-state index contributed by atoms with van der Waals surface area (Å²) in [7, 11) is -3.63. The molecule has 124 valence electrons. The van der Waals surface area contributed by atoms with Crippen molar-refractivity contribution in [3.05, 3.63) is 34.9 Å². The van der Waals surface area contributed by atoms with Crippen LogP contribution in [0.15, 0.2) is 24.3 Å². The van der Waals surface area contributed by atoms with Crippen molar-refractivity contribution in [2.45, 2.75) is 38.9 Å². The molecule has 0 spiro atoms. The number of rotatable bonds is 6. The van der Waals surface area contributed by atoms with Crippen molar-refractivity contribution in [2.24, 2.45) is 0 Å². The molecular weight excluding hydrogens is 328 g/mol. The number of aliphatic hydroxyl groups excluding tert-OH is 1. The second-order valence-corrected chi connectivity index (χ2v) is 8.66. The Kier molecular flexibility index (Phi) is 6.40. The van der Waals surface area contributed by atoms with E-state index in [1.807, 2.05) is 0 Å². The van der Waals surface area contributed by atoms with Crippen LogP contribution in [0.4, 0.5) is 0 Å². The monoisotopic (exact) mass is 348 g/mol. The van der Waals surface area contributed by atoms with Crippen LogP contribution in [0, 0.1) is 0 Å². The molecule has 1 unspecified atom stereocenters. The van der Waals surface area contributed by atoms with Crippen LogP contribution >= 0.6 is 11.6 Å². The molecule has 1 rings (SSSR count). The Hall–Kier alpha value is -1.11. The number of halogens is 1. The highest BCUT2D eigenvalue weighted by molar-refractivity contribution is 7.92. The Morgan fingerprint density at radius 3 is 2.55 bits per heavy atom. The summed E-state index contributed by atoms with van der Waals surface area (Å²) in [5, 5.41) is 10.5. The molecule has 0 saturated carbocycles. The van der Waals surface area contributed by atoms with Gasteiger partial charge in [0.15, 0.2) is 9.84 Å². The lowest BCUT2D eigenvalue weighted by Gasteiger charge is -2.19. The zero-order valence-electron chi connectivity index (χ0n) is 12.9. The fourth-order valence-corrected chi connectivity index (χ4v) is 3.14. The first-order valence-corrected chi connectivity index (χ1v) is 9.04. The van der Waals surface area contributed by atoms with Crippen LogP contribution in [0.3, 0.4) is 0 Å². The molecule has 0 aliphatic heterocycles. The Morgan fingerprint density at radius 1 is 1.36 bits per heavy atom. The van der Waals surface area contributed by atoms with Gasteiger partial charge in [-0.15, -0.1) is 0 Å². The number of carbonyl (C=O) groups is 1. The van der Waals surface area contributed by atoms with E-state index in [9.17, 15) is 18.3 Å². The Labute approximate surface area is 136 Å². The summed E-state index contributed by atoms with van der Waals surface area (Å²) in [6, 6.07) is 6.58. The number of sulfone groups is 1. The van der Waals surface area contributed by atoms with Crippen molar-refractivity contribution in [2.75, 3.05) is 11.5 Å². The third kappa shape index (κ3) is 7.24. The molecule has 0 heterocycles. The maximum Gasteiger partial charge on any atom is 0.321 e. The first-order valence-electron chi connectivity index (χ1n) is 6.84. The van der Waals surface area contributed by atoms with Gasteiger partial charge in [0, 0.05) is 5.02 Å². The van der Waals surface area contributed by atoms with E-state index in [0.717, 1.165) is 0 Å². The van der Waals surface area contributed by atoms with Gasteiger partial charge in [0.1, 0.15) is 11.4 Å². The largest absolute Gasteiger partial charge is 0.459 e. The topological polar surface area (TPSA) is 80.7 Å². The van der Waals surface area contributed by atoms with Crippen molar-refractivity contribution in [1.29, 1.82) is 0 Å². The minimum Gasteiger partial charge on any atom is -0.459 e. The number of hydrogen-bond acceptors (Lipinski definition) is 5. The average molecular weight is 349 g/mol. The van der Waals surface area contributed by atoms with E-state index in [-0.39, 0.29) is 12.2 Å². The molecule has 0 fully saturated rings. The lowest BCUT2D eigenvalue weighted by Crippen LogP contribution is -2.29. The van der Waals surface area contributed by atoms with Gasteiger partial charge >= 0.3 is 5.97 Å². The van der Waals surface area contributed by atoms with Gasteiger partial charge in [-0.25, -0.2) is 8.42 Å². The first kappa shape index (κ1) is 18.9. The molecule has 1 aromatic rings. The highest BCUT2D eigenvalue weighted by Crippen LogP contribution is 2.21. The molecule has 22 heavy (non-hydrogen) atoms. The summed E-state index contributed by atoms with van der Waals surface area (Å²) >= 11 is 5.82. The van der Waals surface area contributed by atoms with Gasteiger partial charge in [-0.05, 0) is 44.9 Å². The third-order valence-corrected chi connectivity index (χ3v) is 4.46. The fourth-order valence-electron chi connectivity index (χ4n) is 1.79. The van der Waals surface area contributed by atoms with Crippen molar-refractivity contribution in [3.8, 4) is 0 Å². The van der Waals surface area contributed by atoms with Crippen molar-refractivity contribution >= 4 is 27.4 Å². The van der Waals surface area contributed by atoms with E-state index in [1.54, 1.807) is 45.0 Å². The molecule has 1 aromatic carbocycles. The lowest BCUT2D eigenvalue weighted by atomic mass is 10.1. The van der Waals surface area contributed by atoms with Gasteiger partial charge in [0.25, 0.3) is 0 Å². The molecule has 7 heteroatoms. The Balaban J connectivity index is 2.57. The van der Waals surface area contributed by atoms with Crippen molar-refractivity contribution in [1.82, 2.24) is 0 Å². The molecule has 0 aliphatic carbocycles. The van der Waals surface area contributed by atoms with Crippen LogP contribution in [0.1, 0.15) is 38.9 Å². The molecule has 0 aromatic heterocycles. The molecule has 1 atom stereocenters. The molecule has 0 bridgehead atoms. The number of esters is 1. The van der Waals surface area contributed by atoms with Crippen LogP contribution in [0.2, 0.25) is 5.02 Å². The zero-order chi connectivity index (χ0) is 17.0. The van der Waals surface area contributed by atoms with E-state index in [0.29, 0.717) is 10.6 Å². The molecular formula is C15H21ClO5S. The number of benzene rings is 1. The average Bonchev–Trinajstić information content (AvgIpc) is 2.33. The van der Waals surface area contributed by atoms with Gasteiger partial charge in [0.05, 0.1) is 11.9 Å². The SMILES string of the molecule is CC(C)(C)OC(=O)CS(=O)(=O)CCC(O)c1cccc(Cl)c1. The molecule has 0 aliphatic rings. The summed E-state index contributed by atoms with van der Waals surface area (Å²) in [6.45, 7) is 5.00. The minimum atomic E-state index is -3.63. The second kappa shape index (κ2) is 7.44. The van der Waals surface area contributed by atoms with E-state index in [4.69, 9.17) is 16.3 Å². The predicted octanol–water partition coefficient (Wildman–Crippen LogP) is 2.52. The van der Waals surface area contributed by atoms with Gasteiger partial charge in [-0.2, -0.15) is 0 Å². The highest BCUT2D eigenvalue weighted by atomic mass is 35.5. The van der Waals surface area contributed by atoms with E-state index in [1.165, 1.54) is 0 Å². The van der Waals surface area contributed by atoms with Crippen molar-refractivity contribution in [3.63, 3.8) is 0 Å². The number of ether oxygens (including phenoxy) is 1. The number of hydrogen-bond donors (Lipinski definition) is 1. The van der Waals surface area contributed by atoms with Crippen LogP contribution in [-0.2, 0) is 19.4 Å². The zero-order valence-corrected chi connectivity index (χ0v) is 14.4. The predicted molar refractivity (Wildman–Crippen MR) is 85.5 cm³/mol. The number of aliphatic hydroxyl groups is 1. The first-order chi connectivity index (χ1) is 9.98. The fraction of sp³-hybridized carbons (Fsp3) is 0.533. The maximum absolute atomic E-state index is 11.9. The van der Waals surface area contributed by atoms with Gasteiger partial charge in [-0.3, -0.25) is 4.79 Å². The highest BCUT2D eigenvalue weighted by Gasteiger charge is 2.23. The quantitative estimate of drug-likeness (QED) is 0.799. The van der Waals surface area contributed by atoms with Gasteiger partial charge in [0.2, 0.25) is 0 Å². The molecule has 0 amide bonds. The smallest absolute Gasteiger partial charge is 0.321 e. The molecule has 0 radical (unpaired) electrons. The van der Waals surface area contributed by atoms with Crippen molar-refractivity contribution < 1.29 is 23.1 Å². The van der Waals surface area contributed by atoms with Crippen LogP contribution in [-0.4, -0.2) is 36.6 Å². The maximum atomic E-state index is 11.9. The summed E-state index contributed by atoms with van der Waals surface area (Å²) in [4.78, 5) is 11.6. The third-order valence-electron chi connectivity index (χ3n) is 2.69. The van der Waals surface area contributed by atoms with Crippen LogP contribution in [0.5, 0.6) is 0 Å². The summed E-state index contributed by atoms with van der Waals surface area (Å²) < 4.78 is 28.8. The van der Waals surface area contributed by atoms with E-state index in [2.05, 4.69) is 0 Å². The van der Waals surface area contributed by atoms with E-state index >= 15 is 0 Å². The molecule has 5 nitrogen and oxygen atoms in total. The number of carbonyl (C=O) groups excluding carboxylic acids is 1. The Bertz CT molecular complexity index is 619. The normalized spacial score (nSPS) is 13.7. The molecule has 1 N–H and O–H groups in total. The lowest BCUT2D eigenvalue weighted by molar-refractivity contribution is -0.151. The van der Waals surface area contributed by atoms with Crippen LogP contribution < -0.4 is 0 Å². The van der Waals surface area contributed by atoms with Gasteiger partial charge in [-0.1, -0.05) is 23.7 Å². The molecule has 0 saturated heterocycles. The van der Waals surface area contributed by atoms with Gasteiger partial charge < -0.3 is 9.84 Å². The summed E-state index contributed by atoms with van der Waals surface area (Å²) in [5.74, 6) is -1.78. The minimum absolute atomic E-state index is 0.00846. The summed E-state index contributed by atoms with van der Waals surface area (Å²) in [6.07, 6.45) is -0.960. The van der Waals surface area contributed by atoms with Crippen LogP contribution in [0.25, 0.3) is 0 Å². The second-order valence-electron chi connectivity index (χ2n) is 6.04. The summed E-state index contributed by atoms with van der Waals surface area (Å²) in [5.41, 5.74) is -0.188. The standard InChI is InChI=1S/C15H21ClO5S/c1-15(2,3)21-14(18)10-22(19,20)8-7-13(17)11-5-4-6-12(16)9-11/h4-6,9,13,17H,7-8,10H2,1-3H3. The van der Waals surface area contributed by atoms with E-state index < -0.39 is 33.3 Å². The Morgan fingerprint density at radius 2 is 2.00 bits per heavy atom.